The Labute approximate surface area is 104 Å². The number of rotatable bonds is 1. The summed E-state index contributed by atoms with van der Waals surface area (Å²) >= 11 is 6.16. The Balaban J connectivity index is 1.91. The maximum atomic E-state index is 11.7. The van der Waals surface area contributed by atoms with E-state index < -0.39 is 0 Å². The fourth-order valence-corrected chi connectivity index (χ4v) is 2.54. The van der Waals surface area contributed by atoms with Gasteiger partial charge >= 0.3 is 0 Å². The van der Waals surface area contributed by atoms with E-state index in [1.807, 2.05) is 29.3 Å². The topological polar surface area (TPSA) is 56.4 Å². The van der Waals surface area contributed by atoms with Gasteiger partial charge < -0.3 is 5.32 Å². The molecule has 2 atom stereocenters. The molecule has 3 rings (SSSR count). The van der Waals surface area contributed by atoms with E-state index >= 15 is 0 Å². The smallest absolute Gasteiger partial charge is 0.228 e. The zero-order valence-electron chi connectivity index (χ0n) is 9.11. The predicted molar refractivity (Wildman–Crippen MR) is 65.4 cm³/mol. The summed E-state index contributed by atoms with van der Waals surface area (Å²) in [6.07, 6.45) is -0.0383. The van der Waals surface area contributed by atoms with Crippen molar-refractivity contribution in [3.63, 3.8) is 0 Å². The fourth-order valence-electron chi connectivity index (χ4n) is 2.31. The van der Waals surface area contributed by atoms with Crippen LogP contribution in [0.1, 0.15) is 0 Å². The number of nitrogens with zero attached hydrogens (tertiary/aromatic N) is 1. The Hall–Kier alpha value is -1.30. The van der Waals surface area contributed by atoms with Gasteiger partial charge in [0.2, 0.25) is 5.91 Å². The number of nitrogens with one attached hydrogen (secondary N) is 3. The van der Waals surface area contributed by atoms with Gasteiger partial charge in [-0.25, -0.2) is 5.43 Å². The minimum atomic E-state index is -0.0833. The largest absolute Gasteiger partial charge is 0.343 e. The number of hydrogen-bond acceptors (Lipinski definition) is 4. The number of para-hydroxylation sites is 1. The summed E-state index contributed by atoms with van der Waals surface area (Å²) in [6.45, 7) is 1.11. The summed E-state index contributed by atoms with van der Waals surface area (Å²) in [7, 11) is 0. The van der Waals surface area contributed by atoms with Crippen molar-refractivity contribution in [2.75, 3.05) is 18.2 Å². The van der Waals surface area contributed by atoms with Crippen molar-refractivity contribution < 1.29 is 4.79 Å². The molecular formula is C11H13ClN4O. The van der Waals surface area contributed by atoms with E-state index in [4.69, 9.17) is 11.6 Å². The van der Waals surface area contributed by atoms with Crippen LogP contribution in [-0.2, 0) is 4.79 Å². The molecule has 1 amide bonds. The molecule has 1 aromatic rings. The van der Waals surface area contributed by atoms with Gasteiger partial charge in [0.25, 0.3) is 0 Å². The molecular weight excluding hydrogens is 240 g/mol. The molecule has 3 N–H and O–H groups in total. The standard InChI is InChI=1S/C11H13ClN4O/c12-8-3-1-2-4-9(8)16-10-7(5-15-16)11(17)14-6-13-10/h1-4,7,10,13,15H,5-6H2,(H,14,17). The van der Waals surface area contributed by atoms with Gasteiger partial charge in [0, 0.05) is 6.54 Å². The lowest BCUT2D eigenvalue weighted by Crippen LogP contribution is -2.58. The third-order valence-corrected chi connectivity index (χ3v) is 3.48. The number of hydrazine groups is 1. The molecule has 1 aromatic carbocycles. The van der Waals surface area contributed by atoms with Crippen molar-refractivity contribution in [2.45, 2.75) is 6.17 Å². The third kappa shape index (κ3) is 1.76. The van der Waals surface area contributed by atoms with Crippen molar-refractivity contribution in [1.29, 1.82) is 0 Å². The summed E-state index contributed by atoms with van der Waals surface area (Å²) in [4.78, 5) is 11.7. The molecule has 0 bridgehead atoms. The lowest BCUT2D eigenvalue weighted by Gasteiger charge is -2.32. The monoisotopic (exact) mass is 252 g/mol. The minimum absolute atomic E-state index is 0.0383. The van der Waals surface area contributed by atoms with Gasteiger partial charge in [-0.05, 0) is 12.1 Å². The van der Waals surface area contributed by atoms with Gasteiger partial charge in [-0.1, -0.05) is 23.7 Å². The first kappa shape index (κ1) is 10.8. The average molecular weight is 253 g/mol. The first-order valence-electron chi connectivity index (χ1n) is 5.56. The van der Waals surface area contributed by atoms with Crippen LogP contribution in [-0.4, -0.2) is 25.3 Å². The lowest BCUT2D eigenvalue weighted by atomic mass is 10.1. The predicted octanol–water partition coefficient (Wildman–Crippen LogP) is 0.284. The van der Waals surface area contributed by atoms with Gasteiger partial charge in [-0.15, -0.1) is 0 Å². The van der Waals surface area contributed by atoms with E-state index in [-0.39, 0.29) is 18.0 Å². The Morgan fingerprint density at radius 1 is 1.35 bits per heavy atom. The average Bonchev–Trinajstić information content (AvgIpc) is 2.75. The zero-order valence-corrected chi connectivity index (χ0v) is 9.87. The van der Waals surface area contributed by atoms with E-state index in [0.717, 1.165) is 5.69 Å². The van der Waals surface area contributed by atoms with Crippen LogP contribution in [0.5, 0.6) is 0 Å². The van der Waals surface area contributed by atoms with Crippen LogP contribution < -0.4 is 21.1 Å². The van der Waals surface area contributed by atoms with Crippen molar-refractivity contribution in [3.8, 4) is 0 Å². The molecule has 2 aliphatic rings. The highest BCUT2D eigenvalue weighted by atomic mass is 35.5. The second kappa shape index (κ2) is 4.18. The van der Waals surface area contributed by atoms with Crippen LogP contribution in [0.4, 0.5) is 5.69 Å². The third-order valence-electron chi connectivity index (χ3n) is 3.16. The van der Waals surface area contributed by atoms with Crippen LogP contribution in [0.25, 0.3) is 0 Å². The van der Waals surface area contributed by atoms with E-state index in [9.17, 15) is 4.79 Å². The van der Waals surface area contributed by atoms with Crippen molar-refractivity contribution in [1.82, 2.24) is 16.1 Å². The first-order chi connectivity index (χ1) is 8.27. The highest BCUT2D eigenvalue weighted by Gasteiger charge is 2.41. The van der Waals surface area contributed by atoms with Gasteiger partial charge in [0.1, 0.15) is 6.17 Å². The van der Waals surface area contributed by atoms with Crippen LogP contribution in [0.2, 0.25) is 5.02 Å². The number of carbonyl (C=O) groups excluding carboxylic acids is 1. The Morgan fingerprint density at radius 3 is 3.00 bits per heavy atom. The van der Waals surface area contributed by atoms with Crippen molar-refractivity contribution >= 4 is 23.2 Å². The maximum absolute atomic E-state index is 11.7. The summed E-state index contributed by atoms with van der Waals surface area (Å²) in [5.41, 5.74) is 4.10. The van der Waals surface area contributed by atoms with E-state index in [2.05, 4.69) is 16.1 Å². The molecule has 6 heteroatoms. The number of carbonyl (C=O) groups is 1. The van der Waals surface area contributed by atoms with Gasteiger partial charge in [-0.2, -0.15) is 0 Å². The number of amides is 1. The quantitative estimate of drug-likeness (QED) is 0.672. The first-order valence-corrected chi connectivity index (χ1v) is 5.93. The van der Waals surface area contributed by atoms with Crippen molar-refractivity contribution in [3.05, 3.63) is 29.3 Å². The molecule has 90 valence electrons. The normalized spacial score (nSPS) is 27.8. The SMILES string of the molecule is O=C1NCNC2C1CNN2c1ccccc1Cl. The number of halogens is 1. The zero-order chi connectivity index (χ0) is 11.8. The lowest BCUT2D eigenvalue weighted by molar-refractivity contribution is -0.126. The van der Waals surface area contributed by atoms with Gasteiger partial charge in [0.15, 0.2) is 0 Å². The molecule has 0 aromatic heterocycles. The van der Waals surface area contributed by atoms with E-state index in [0.29, 0.717) is 18.2 Å². The number of hydrogen-bond donors (Lipinski definition) is 3. The molecule has 17 heavy (non-hydrogen) atoms. The Bertz CT molecular complexity index is 453. The summed E-state index contributed by atoms with van der Waals surface area (Å²) in [5.74, 6) is -0.00386. The van der Waals surface area contributed by atoms with E-state index in [1.165, 1.54) is 0 Å². The number of benzene rings is 1. The molecule has 5 nitrogen and oxygen atoms in total. The number of fused-ring (bicyclic) bond motifs is 1. The molecule has 2 fully saturated rings. The maximum Gasteiger partial charge on any atom is 0.228 e. The van der Waals surface area contributed by atoms with Crippen LogP contribution in [0.15, 0.2) is 24.3 Å². The fraction of sp³-hybridized carbons (Fsp3) is 0.364. The van der Waals surface area contributed by atoms with Crippen molar-refractivity contribution in [2.24, 2.45) is 5.92 Å². The summed E-state index contributed by atoms with van der Waals surface area (Å²) < 4.78 is 0. The van der Waals surface area contributed by atoms with Gasteiger partial charge in [0.05, 0.1) is 23.3 Å². The summed E-state index contributed by atoms with van der Waals surface area (Å²) in [5, 5.41) is 8.66. The second-order valence-corrected chi connectivity index (χ2v) is 4.56. The molecule has 2 aliphatic heterocycles. The van der Waals surface area contributed by atoms with Crippen LogP contribution in [0.3, 0.4) is 0 Å². The van der Waals surface area contributed by atoms with Crippen LogP contribution in [0, 0.1) is 5.92 Å². The molecule has 0 saturated carbocycles. The molecule has 2 saturated heterocycles. The molecule has 0 aliphatic carbocycles. The number of anilines is 1. The Morgan fingerprint density at radius 2 is 2.18 bits per heavy atom. The second-order valence-electron chi connectivity index (χ2n) is 4.16. The minimum Gasteiger partial charge on any atom is -0.343 e. The molecule has 2 heterocycles. The van der Waals surface area contributed by atoms with Crippen LogP contribution >= 0.6 is 11.6 Å². The summed E-state index contributed by atoms with van der Waals surface area (Å²) in [6, 6.07) is 7.60. The highest BCUT2D eigenvalue weighted by molar-refractivity contribution is 6.33. The highest BCUT2D eigenvalue weighted by Crippen LogP contribution is 2.29. The Kier molecular flexibility index (Phi) is 2.66. The molecule has 0 spiro atoms. The van der Waals surface area contributed by atoms with Gasteiger partial charge in [-0.3, -0.25) is 15.1 Å². The van der Waals surface area contributed by atoms with E-state index in [1.54, 1.807) is 0 Å². The molecule has 0 radical (unpaired) electrons. The molecule has 2 unspecified atom stereocenters.